The predicted octanol–water partition coefficient (Wildman–Crippen LogP) is 4.57. The Morgan fingerprint density at radius 3 is 2.56 bits per heavy atom. The molecule has 0 aliphatic carbocycles. The molecule has 0 saturated heterocycles. The Balaban J connectivity index is 1.94. The molecule has 1 amide bonds. The molecule has 128 valence electrons. The molecule has 0 radical (unpaired) electrons. The van der Waals surface area contributed by atoms with E-state index in [-0.39, 0.29) is 12.5 Å². The quantitative estimate of drug-likeness (QED) is 0.695. The van der Waals surface area contributed by atoms with Crippen molar-refractivity contribution in [2.45, 2.75) is 6.54 Å². The van der Waals surface area contributed by atoms with Gasteiger partial charge in [-0.25, -0.2) is 0 Å². The predicted molar refractivity (Wildman–Crippen MR) is 99.5 cm³/mol. The number of hydrogen-bond acceptors (Lipinski definition) is 3. The van der Waals surface area contributed by atoms with Crippen molar-refractivity contribution in [3.8, 4) is 11.8 Å². The maximum atomic E-state index is 12.2. The van der Waals surface area contributed by atoms with Gasteiger partial charge in [0.15, 0.2) is 6.61 Å². The second-order valence-corrected chi connectivity index (χ2v) is 6.11. The molecule has 0 heterocycles. The van der Waals surface area contributed by atoms with E-state index in [1.807, 2.05) is 24.3 Å². The average Bonchev–Trinajstić information content (AvgIpc) is 2.61. The lowest BCUT2D eigenvalue weighted by atomic mass is 10.2. The van der Waals surface area contributed by atoms with Crippen LogP contribution >= 0.6 is 23.2 Å². The van der Waals surface area contributed by atoms with Crippen molar-refractivity contribution in [3.63, 3.8) is 0 Å². The van der Waals surface area contributed by atoms with E-state index in [0.29, 0.717) is 22.3 Å². The summed E-state index contributed by atoms with van der Waals surface area (Å²) in [7, 11) is 1.72. The molecule has 25 heavy (non-hydrogen) atoms. The van der Waals surface area contributed by atoms with E-state index < -0.39 is 0 Å². The van der Waals surface area contributed by atoms with Crippen molar-refractivity contribution >= 4 is 35.2 Å². The van der Waals surface area contributed by atoms with E-state index in [1.165, 1.54) is 6.08 Å². The van der Waals surface area contributed by atoms with Crippen molar-refractivity contribution in [1.29, 1.82) is 5.26 Å². The largest absolute Gasteiger partial charge is 0.479 e. The number of carbonyl (C=O) groups excluding carboxylic acids is 1. The number of benzene rings is 2. The Hall–Kier alpha value is -2.48. The molecule has 0 saturated carbocycles. The van der Waals surface area contributed by atoms with Crippen LogP contribution in [0.15, 0.2) is 48.5 Å². The topological polar surface area (TPSA) is 53.3 Å². The van der Waals surface area contributed by atoms with Gasteiger partial charge >= 0.3 is 0 Å². The van der Waals surface area contributed by atoms with Gasteiger partial charge in [-0.2, -0.15) is 5.26 Å². The number of rotatable bonds is 6. The highest BCUT2D eigenvalue weighted by Crippen LogP contribution is 2.23. The lowest BCUT2D eigenvalue weighted by Crippen LogP contribution is -2.24. The smallest absolute Gasteiger partial charge is 0.246 e. The van der Waals surface area contributed by atoms with Crippen LogP contribution in [0.25, 0.3) is 6.08 Å². The van der Waals surface area contributed by atoms with E-state index in [9.17, 15) is 4.79 Å². The summed E-state index contributed by atoms with van der Waals surface area (Å²) in [5, 5.41) is 9.43. The van der Waals surface area contributed by atoms with Gasteiger partial charge in [0.05, 0.1) is 10.0 Å². The zero-order chi connectivity index (χ0) is 18.2. The van der Waals surface area contributed by atoms with Crippen LogP contribution in [0, 0.1) is 11.3 Å². The molecule has 4 nitrogen and oxygen atoms in total. The summed E-state index contributed by atoms with van der Waals surface area (Å²) in [5.41, 5.74) is 1.76. The van der Waals surface area contributed by atoms with Crippen LogP contribution in [0.2, 0.25) is 10.0 Å². The fourth-order valence-corrected chi connectivity index (χ4v) is 2.40. The minimum Gasteiger partial charge on any atom is -0.479 e. The molecule has 0 spiro atoms. The molecular formula is C19H16Cl2N2O2. The first-order valence-corrected chi connectivity index (χ1v) is 8.22. The lowest BCUT2D eigenvalue weighted by molar-refractivity contribution is -0.125. The highest BCUT2D eigenvalue weighted by molar-refractivity contribution is 6.42. The Morgan fingerprint density at radius 2 is 1.92 bits per heavy atom. The third-order valence-electron chi connectivity index (χ3n) is 3.38. The first-order valence-electron chi connectivity index (χ1n) is 7.46. The van der Waals surface area contributed by atoms with E-state index in [4.69, 9.17) is 33.2 Å². The first-order chi connectivity index (χ1) is 12.0. The number of amides is 1. The molecule has 0 atom stereocenters. The van der Waals surface area contributed by atoms with Crippen LogP contribution in [0.4, 0.5) is 0 Å². The van der Waals surface area contributed by atoms with E-state index in [1.54, 1.807) is 42.3 Å². The standard InChI is InChI=1S/C19H16Cl2N2O2/c1-23(13-15-4-8-17(20)18(21)12-15)19(24)9-5-14-2-6-16(7-3-14)25-11-10-22/h2-9,12H,11,13H2,1H3/b9-5+. The van der Waals surface area contributed by atoms with Gasteiger partial charge in [-0.05, 0) is 41.5 Å². The van der Waals surface area contributed by atoms with Crippen LogP contribution in [0.3, 0.4) is 0 Å². The van der Waals surface area contributed by atoms with Gasteiger partial charge in [0.2, 0.25) is 5.91 Å². The van der Waals surface area contributed by atoms with Crippen molar-refractivity contribution in [1.82, 2.24) is 4.90 Å². The number of halogens is 2. The Labute approximate surface area is 156 Å². The van der Waals surface area contributed by atoms with Gasteiger partial charge in [-0.15, -0.1) is 0 Å². The average molecular weight is 375 g/mol. The Bertz CT molecular complexity index is 811. The minimum absolute atomic E-state index is 0.00712. The number of carbonyl (C=O) groups is 1. The summed E-state index contributed by atoms with van der Waals surface area (Å²) in [6.45, 7) is 0.439. The minimum atomic E-state index is -0.129. The molecule has 6 heteroatoms. The molecule has 0 bridgehead atoms. The Kier molecular flexibility index (Phi) is 6.88. The molecule has 2 aromatic carbocycles. The van der Waals surface area contributed by atoms with Crippen LogP contribution in [0.5, 0.6) is 5.75 Å². The monoisotopic (exact) mass is 374 g/mol. The molecule has 0 N–H and O–H groups in total. The van der Waals surface area contributed by atoms with Crippen molar-refractivity contribution in [2.75, 3.05) is 13.7 Å². The molecule has 0 unspecified atom stereocenters. The molecule has 0 aliphatic rings. The maximum absolute atomic E-state index is 12.2. The second kappa shape index (κ2) is 9.12. The molecule has 2 aromatic rings. The molecule has 0 aromatic heterocycles. The number of hydrogen-bond donors (Lipinski definition) is 0. The van der Waals surface area contributed by atoms with Gasteiger partial charge in [-0.3, -0.25) is 4.79 Å². The van der Waals surface area contributed by atoms with Crippen molar-refractivity contribution < 1.29 is 9.53 Å². The van der Waals surface area contributed by atoms with Gasteiger partial charge in [0, 0.05) is 19.7 Å². The normalized spacial score (nSPS) is 10.5. The van der Waals surface area contributed by atoms with E-state index in [2.05, 4.69) is 0 Å². The third-order valence-corrected chi connectivity index (χ3v) is 4.12. The lowest BCUT2D eigenvalue weighted by Gasteiger charge is -2.15. The third kappa shape index (κ3) is 5.82. The van der Waals surface area contributed by atoms with Gasteiger partial charge in [0.1, 0.15) is 11.8 Å². The number of nitrogens with zero attached hydrogens (tertiary/aromatic N) is 2. The summed E-state index contributed by atoms with van der Waals surface area (Å²) in [6.07, 6.45) is 3.23. The van der Waals surface area contributed by atoms with Crippen LogP contribution < -0.4 is 4.74 Å². The van der Waals surface area contributed by atoms with Crippen LogP contribution in [0.1, 0.15) is 11.1 Å². The van der Waals surface area contributed by atoms with E-state index in [0.717, 1.165) is 11.1 Å². The number of ether oxygens (including phenoxy) is 1. The van der Waals surface area contributed by atoms with Crippen molar-refractivity contribution in [3.05, 3.63) is 69.7 Å². The SMILES string of the molecule is CN(Cc1ccc(Cl)c(Cl)c1)C(=O)/C=C/c1ccc(OCC#N)cc1. The van der Waals surface area contributed by atoms with Crippen LogP contribution in [-0.4, -0.2) is 24.5 Å². The van der Waals surface area contributed by atoms with Gasteiger partial charge in [0.25, 0.3) is 0 Å². The summed E-state index contributed by atoms with van der Waals surface area (Å²) < 4.78 is 5.18. The second-order valence-electron chi connectivity index (χ2n) is 5.29. The highest BCUT2D eigenvalue weighted by Gasteiger charge is 2.07. The fourth-order valence-electron chi connectivity index (χ4n) is 2.08. The first kappa shape index (κ1) is 18.9. The highest BCUT2D eigenvalue weighted by atomic mass is 35.5. The summed E-state index contributed by atoms with van der Waals surface area (Å²) >= 11 is 11.9. The summed E-state index contributed by atoms with van der Waals surface area (Å²) in [4.78, 5) is 13.8. The number of nitriles is 1. The van der Waals surface area contributed by atoms with Gasteiger partial charge in [-0.1, -0.05) is 41.4 Å². The number of likely N-dealkylation sites (N-methyl/N-ethyl adjacent to an activating group) is 1. The van der Waals surface area contributed by atoms with Gasteiger partial charge < -0.3 is 9.64 Å². The zero-order valence-corrected chi connectivity index (χ0v) is 15.1. The summed E-state index contributed by atoms with van der Waals surface area (Å²) in [5.74, 6) is 0.484. The van der Waals surface area contributed by atoms with E-state index >= 15 is 0 Å². The zero-order valence-electron chi connectivity index (χ0n) is 13.6. The summed E-state index contributed by atoms with van der Waals surface area (Å²) in [6, 6.07) is 14.3. The van der Waals surface area contributed by atoms with Crippen LogP contribution in [-0.2, 0) is 11.3 Å². The molecule has 0 aliphatic heterocycles. The Morgan fingerprint density at radius 1 is 1.20 bits per heavy atom. The molecule has 0 fully saturated rings. The maximum Gasteiger partial charge on any atom is 0.246 e. The van der Waals surface area contributed by atoms with Crippen molar-refractivity contribution in [2.24, 2.45) is 0 Å². The fraction of sp³-hybridized carbons (Fsp3) is 0.158. The molecule has 2 rings (SSSR count). The molecular weight excluding hydrogens is 359 g/mol.